The molecule has 0 fully saturated rings. The lowest BCUT2D eigenvalue weighted by Crippen LogP contribution is -1.97. The lowest BCUT2D eigenvalue weighted by atomic mass is 10.1. The lowest BCUT2D eigenvalue weighted by molar-refractivity contribution is 1.07. The van der Waals surface area contributed by atoms with Crippen LogP contribution < -0.4 is 0 Å². The molecule has 0 atom stereocenters. The van der Waals surface area contributed by atoms with Crippen LogP contribution in [-0.4, -0.2) is 10.8 Å². The molecule has 1 heterocycles. The normalized spacial score (nSPS) is 11.1. The summed E-state index contributed by atoms with van der Waals surface area (Å²) in [6.07, 6.45) is 3.95. The van der Waals surface area contributed by atoms with Gasteiger partial charge < -0.3 is 4.57 Å². The molecule has 2 nitrogen and oxygen atoms in total. The molecule has 0 saturated heterocycles. The van der Waals surface area contributed by atoms with Gasteiger partial charge in [0.15, 0.2) is 0 Å². The second-order valence-electron chi connectivity index (χ2n) is 5.95. The maximum absolute atomic E-state index is 4.63. The smallest absolute Gasteiger partial charge is 0.0639 e. The van der Waals surface area contributed by atoms with Crippen LogP contribution in [0.15, 0.2) is 107 Å². The summed E-state index contributed by atoms with van der Waals surface area (Å²) in [7, 11) is 0. The first-order valence-electron chi connectivity index (χ1n) is 8.42. The summed E-state index contributed by atoms with van der Waals surface area (Å²) in [6, 6.07) is 31.0. The first-order valence-corrected chi connectivity index (χ1v) is 9.22. The van der Waals surface area contributed by atoms with Gasteiger partial charge in [-0.25, -0.2) is 0 Å². The zero-order valence-electron chi connectivity index (χ0n) is 14.1. The van der Waals surface area contributed by atoms with Crippen LogP contribution >= 0.6 is 15.9 Å². The molecule has 1 aromatic heterocycles. The fraction of sp³-hybridized carbons (Fsp3) is 0. The lowest BCUT2D eigenvalue weighted by Gasteiger charge is -2.06. The molecule has 4 aromatic rings. The Morgan fingerprint density at radius 1 is 0.692 bits per heavy atom. The molecule has 3 heteroatoms. The summed E-state index contributed by atoms with van der Waals surface area (Å²) in [6.45, 7) is 0. The molecule has 126 valence electrons. The van der Waals surface area contributed by atoms with Crippen LogP contribution in [0.4, 0.5) is 5.69 Å². The molecule has 0 aliphatic heterocycles. The average molecular weight is 401 g/mol. The van der Waals surface area contributed by atoms with E-state index in [-0.39, 0.29) is 0 Å². The zero-order chi connectivity index (χ0) is 17.8. The Kier molecular flexibility index (Phi) is 4.80. The Balaban J connectivity index is 1.56. The molecule has 3 aromatic carbocycles. The molecular weight excluding hydrogens is 384 g/mol. The third-order valence-corrected chi connectivity index (χ3v) is 4.73. The maximum atomic E-state index is 4.63. The van der Waals surface area contributed by atoms with E-state index in [2.05, 4.69) is 80.1 Å². The van der Waals surface area contributed by atoms with Crippen molar-refractivity contribution >= 4 is 27.8 Å². The predicted molar refractivity (Wildman–Crippen MR) is 113 cm³/mol. The number of halogens is 1. The van der Waals surface area contributed by atoms with Gasteiger partial charge >= 0.3 is 0 Å². The Morgan fingerprint density at radius 3 is 2.12 bits per heavy atom. The number of aromatic nitrogens is 1. The topological polar surface area (TPSA) is 17.3 Å². The van der Waals surface area contributed by atoms with E-state index in [0.29, 0.717) is 0 Å². The number of aliphatic imine (C=N–C) groups is 1. The fourth-order valence-electron chi connectivity index (χ4n) is 2.85. The molecule has 0 aliphatic rings. The number of hydrogen-bond acceptors (Lipinski definition) is 1. The van der Waals surface area contributed by atoms with E-state index >= 15 is 0 Å². The van der Waals surface area contributed by atoms with E-state index in [4.69, 9.17) is 0 Å². The van der Waals surface area contributed by atoms with Gasteiger partial charge in [0.2, 0.25) is 0 Å². The first-order chi connectivity index (χ1) is 12.8. The third-order valence-electron chi connectivity index (χ3n) is 4.21. The number of hydrogen-bond donors (Lipinski definition) is 0. The van der Waals surface area contributed by atoms with E-state index < -0.39 is 0 Å². The van der Waals surface area contributed by atoms with Gasteiger partial charge in [0, 0.05) is 16.4 Å². The van der Waals surface area contributed by atoms with E-state index in [9.17, 15) is 0 Å². The fourth-order valence-corrected chi connectivity index (χ4v) is 3.11. The Labute approximate surface area is 161 Å². The SMILES string of the molecule is Brc1ccc(-n2cccc2C=Nc2ccc(-c3ccccc3)cc2)cc1. The summed E-state index contributed by atoms with van der Waals surface area (Å²) in [4.78, 5) is 4.63. The Morgan fingerprint density at radius 2 is 1.38 bits per heavy atom. The molecule has 26 heavy (non-hydrogen) atoms. The van der Waals surface area contributed by atoms with Gasteiger partial charge in [-0.2, -0.15) is 0 Å². The van der Waals surface area contributed by atoms with Gasteiger partial charge in [0.05, 0.1) is 17.6 Å². The highest BCUT2D eigenvalue weighted by Crippen LogP contribution is 2.22. The van der Waals surface area contributed by atoms with Crippen LogP contribution in [0.2, 0.25) is 0 Å². The second-order valence-corrected chi connectivity index (χ2v) is 6.87. The van der Waals surface area contributed by atoms with Gasteiger partial charge in [0.25, 0.3) is 0 Å². The van der Waals surface area contributed by atoms with E-state index in [1.54, 1.807) is 0 Å². The van der Waals surface area contributed by atoms with Crippen molar-refractivity contribution in [2.75, 3.05) is 0 Å². The van der Waals surface area contributed by atoms with Crippen LogP contribution in [-0.2, 0) is 0 Å². The molecule has 4 rings (SSSR count). The third kappa shape index (κ3) is 3.68. The number of rotatable bonds is 4. The molecule has 0 aliphatic carbocycles. The minimum absolute atomic E-state index is 0.938. The minimum atomic E-state index is 0.938. The maximum Gasteiger partial charge on any atom is 0.0639 e. The molecule has 0 radical (unpaired) electrons. The second kappa shape index (κ2) is 7.54. The zero-order valence-corrected chi connectivity index (χ0v) is 15.7. The van der Waals surface area contributed by atoms with E-state index in [0.717, 1.165) is 21.5 Å². The summed E-state index contributed by atoms with van der Waals surface area (Å²) < 4.78 is 3.19. The standard InChI is InChI=1S/C23H17BrN2/c24-20-10-14-22(15-11-20)26-16-4-7-23(26)17-25-21-12-8-19(9-13-21)18-5-2-1-3-6-18/h1-17H. The van der Waals surface area contributed by atoms with Crippen molar-refractivity contribution in [1.82, 2.24) is 4.57 Å². The van der Waals surface area contributed by atoms with Crippen molar-refractivity contribution in [3.8, 4) is 16.8 Å². The quantitative estimate of drug-likeness (QED) is 0.341. The summed E-state index contributed by atoms with van der Waals surface area (Å²) in [5.74, 6) is 0. The van der Waals surface area contributed by atoms with Crippen molar-refractivity contribution in [2.45, 2.75) is 0 Å². The Bertz CT molecular complexity index is 1010. The van der Waals surface area contributed by atoms with E-state index in [1.807, 2.05) is 48.8 Å². The van der Waals surface area contributed by atoms with Crippen LogP contribution in [0.3, 0.4) is 0 Å². The highest BCUT2D eigenvalue weighted by molar-refractivity contribution is 9.10. The molecule has 0 spiro atoms. The first kappa shape index (κ1) is 16.6. The van der Waals surface area contributed by atoms with Crippen molar-refractivity contribution in [3.63, 3.8) is 0 Å². The van der Waals surface area contributed by atoms with E-state index in [1.165, 1.54) is 11.1 Å². The van der Waals surface area contributed by atoms with Crippen molar-refractivity contribution < 1.29 is 0 Å². The molecule has 0 saturated carbocycles. The number of nitrogens with zero attached hydrogens (tertiary/aromatic N) is 2. The minimum Gasteiger partial charge on any atom is -0.316 e. The van der Waals surface area contributed by atoms with Gasteiger partial charge in [-0.1, -0.05) is 58.4 Å². The van der Waals surface area contributed by atoms with Gasteiger partial charge in [-0.05, 0) is 59.7 Å². The summed E-state index contributed by atoms with van der Waals surface area (Å²) in [5.41, 5.74) is 5.50. The van der Waals surface area contributed by atoms with Crippen molar-refractivity contribution in [1.29, 1.82) is 0 Å². The highest BCUT2D eigenvalue weighted by Gasteiger charge is 2.01. The molecular formula is C23H17BrN2. The average Bonchev–Trinajstić information content (AvgIpc) is 3.17. The van der Waals surface area contributed by atoms with Crippen LogP contribution in [0.1, 0.15) is 5.69 Å². The number of benzene rings is 3. The van der Waals surface area contributed by atoms with Gasteiger partial charge in [-0.3, -0.25) is 4.99 Å². The highest BCUT2D eigenvalue weighted by atomic mass is 79.9. The molecule has 0 bridgehead atoms. The predicted octanol–water partition coefficient (Wildman–Crippen LogP) is 6.66. The largest absolute Gasteiger partial charge is 0.316 e. The van der Waals surface area contributed by atoms with Crippen LogP contribution in [0.25, 0.3) is 16.8 Å². The van der Waals surface area contributed by atoms with Gasteiger partial charge in [0.1, 0.15) is 0 Å². The van der Waals surface area contributed by atoms with Gasteiger partial charge in [-0.15, -0.1) is 0 Å². The summed E-state index contributed by atoms with van der Waals surface area (Å²) in [5, 5.41) is 0. The van der Waals surface area contributed by atoms with Crippen LogP contribution in [0.5, 0.6) is 0 Å². The molecule has 0 N–H and O–H groups in total. The molecule has 0 amide bonds. The van der Waals surface area contributed by atoms with Crippen LogP contribution in [0, 0.1) is 0 Å². The summed E-state index contributed by atoms with van der Waals surface area (Å²) >= 11 is 3.48. The van der Waals surface area contributed by atoms with Crippen molar-refractivity contribution in [3.05, 3.63) is 107 Å². The molecule has 0 unspecified atom stereocenters. The Hall–Kier alpha value is -2.91. The van der Waals surface area contributed by atoms with Crippen molar-refractivity contribution in [2.24, 2.45) is 4.99 Å². The monoisotopic (exact) mass is 400 g/mol.